The molecule has 7 nitrogen and oxygen atoms in total. The SMILES string of the molecule is CN(C)c1cc(Cl)nc(SCc2cccc(C(=O)NCc3ccc4c(c3)OCO4)c2)n1. The smallest absolute Gasteiger partial charge is 0.251 e. The van der Waals surface area contributed by atoms with Crippen LogP contribution in [0.3, 0.4) is 0 Å². The van der Waals surface area contributed by atoms with E-state index in [1.165, 1.54) is 11.8 Å². The van der Waals surface area contributed by atoms with Gasteiger partial charge >= 0.3 is 0 Å². The highest BCUT2D eigenvalue weighted by molar-refractivity contribution is 7.98. The van der Waals surface area contributed by atoms with E-state index in [1.54, 1.807) is 12.1 Å². The average Bonchev–Trinajstić information content (AvgIpc) is 3.24. The summed E-state index contributed by atoms with van der Waals surface area (Å²) in [6.07, 6.45) is 0. The first-order valence-corrected chi connectivity index (χ1v) is 10.9. The molecule has 0 spiro atoms. The minimum absolute atomic E-state index is 0.140. The van der Waals surface area contributed by atoms with Crippen LogP contribution in [0.25, 0.3) is 0 Å². The molecular formula is C22H21ClN4O3S. The number of amides is 1. The van der Waals surface area contributed by atoms with Crippen molar-refractivity contribution in [3.63, 3.8) is 0 Å². The Kier molecular flexibility index (Phi) is 6.48. The first-order chi connectivity index (χ1) is 15.0. The zero-order chi connectivity index (χ0) is 21.8. The third kappa shape index (κ3) is 5.39. The lowest BCUT2D eigenvalue weighted by atomic mass is 10.1. The Morgan fingerprint density at radius 3 is 2.77 bits per heavy atom. The number of hydrogen-bond acceptors (Lipinski definition) is 7. The van der Waals surface area contributed by atoms with Crippen molar-refractivity contribution in [2.75, 3.05) is 25.8 Å². The zero-order valence-corrected chi connectivity index (χ0v) is 18.7. The van der Waals surface area contributed by atoms with Gasteiger partial charge in [-0.25, -0.2) is 9.97 Å². The number of carbonyl (C=O) groups excluding carboxylic acids is 1. The van der Waals surface area contributed by atoms with Gasteiger partial charge in [0.2, 0.25) is 6.79 Å². The molecule has 2 aromatic carbocycles. The molecule has 3 aromatic rings. The van der Waals surface area contributed by atoms with Crippen molar-refractivity contribution in [2.45, 2.75) is 17.5 Å². The summed E-state index contributed by atoms with van der Waals surface area (Å²) in [5.41, 5.74) is 2.54. The minimum Gasteiger partial charge on any atom is -0.454 e. The quantitative estimate of drug-likeness (QED) is 0.325. The topological polar surface area (TPSA) is 76.6 Å². The summed E-state index contributed by atoms with van der Waals surface area (Å²) in [7, 11) is 3.80. The van der Waals surface area contributed by atoms with E-state index in [-0.39, 0.29) is 12.7 Å². The second-order valence-corrected chi connectivity index (χ2v) is 8.41. The van der Waals surface area contributed by atoms with Crippen LogP contribution in [0, 0.1) is 0 Å². The molecule has 0 saturated heterocycles. The predicted octanol–water partition coefficient (Wildman–Crippen LogP) is 4.15. The van der Waals surface area contributed by atoms with Gasteiger partial charge in [-0.05, 0) is 35.4 Å². The molecule has 0 saturated carbocycles. The third-order valence-electron chi connectivity index (χ3n) is 4.57. The number of anilines is 1. The number of thioether (sulfide) groups is 1. The monoisotopic (exact) mass is 456 g/mol. The summed E-state index contributed by atoms with van der Waals surface area (Å²) in [4.78, 5) is 23.3. The number of halogens is 1. The minimum atomic E-state index is -0.140. The molecule has 4 rings (SSSR count). The largest absolute Gasteiger partial charge is 0.454 e. The summed E-state index contributed by atoms with van der Waals surface area (Å²) < 4.78 is 10.7. The van der Waals surface area contributed by atoms with E-state index < -0.39 is 0 Å². The molecule has 2 heterocycles. The van der Waals surface area contributed by atoms with Crippen molar-refractivity contribution in [3.05, 3.63) is 70.4 Å². The van der Waals surface area contributed by atoms with Crippen LogP contribution in [0.1, 0.15) is 21.5 Å². The second kappa shape index (κ2) is 9.45. The van der Waals surface area contributed by atoms with Crippen LogP contribution in [0.2, 0.25) is 5.15 Å². The predicted molar refractivity (Wildman–Crippen MR) is 121 cm³/mol. The lowest BCUT2D eigenvalue weighted by Crippen LogP contribution is -2.22. The van der Waals surface area contributed by atoms with Gasteiger partial charge in [-0.3, -0.25) is 4.79 Å². The normalized spacial score (nSPS) is 12.0. The van der Waals surface area contributed by atoms with E-state index in [0.29, 0.717) is 33.9 Å². The van der Waals surface area contributed by atoms with Crippen molar-refractivity contribution in [3.8, 4) is 11.5 Å². The number of hydrogen-bond donors (Lipinski definition) is 1. The second-order valence-electron chi connectivity index (χ2n) is 7.09. The first kappa shape index (κ1) is 21.3. The lowest BCUT2D eigenvalue weighted by Gasteiger charge is -2.12. The number of aromatic nitrogens is 2. The Balaban J connectivity index is 1.37. The van der Waals surface area contributed by atoms with Crippen LogP contribution < -0.4 is 19.7 Å². The van der Waals surface area contributed by atoms with Crippen LogP contribution in [0.5, 0.6) is 11.5 Å². The van der Waals surface area contributed by atoms with Crippen molar-refractivity contribution in [1.82, 2.24) is 15.3 Å². The molecule has 1 aliphatic heterocycles. The average molecular weight is 457 g/mol. The van der Waals surface area contributed by atoms with Crippen LogP contribution >= 0.6 is 23.4 Å². The highest BCUT2D eigenvalue weighted by Gasteiger charge is 2.14. The Labute approximate surface area is 189 Å². The molecule has 1 amide bonds. The number of nitrogens with zero attached hydrogens (tertiary/aromatic N) is 3. The maximum Gasteiger partial charge on any atom is 0.251 e. The number of carbonyl (C=O) groups is 1. The molecule has 0 fully saturated rings. The fourth-order valence-corrected chi connectivity index (χ4v) is 3.99. The maximum absolute atomic E-state index is 12.6. The highest BCUT2D eigenvalue weighted by atomic mass is 35.5. The van der Waals surface area contributed by atoms with Crippen LogP contribution in [0.4, 0.5) is 5.82 Å². The molecule has 1 aromatic heterocycles. The van der Waals surface area contributed by atoms with Gasteiger partial charge in [0, 0.05) is 38.0 Å². The van der Waals surface area contributed by atoms with Crippen molar-refractivity contribution in [1.29, 1.82) is 0 Å². The van der Waals surface area contributed by atoms with Crippen LogP contribution in [-0.2, 0) is 12.3 Å². The number of benzene rings is 2. The number of ether oxygens (including phenoxy) is 2. The Morgan fingerprint density at radius 2 is 1.94 bits per heavy atom. The van der Waals surface area contributed by atoms with Gasteiger partial charge in [-0.15, -0.1) is 0 Å². The van der Waals surface area contributed by atoms with Crippen LogP contribution in [0.15, 0.2) is 53.7 Å². The van der Waals surface area contributed by atoms with E-state index in [4.69, 9.17) is 21.1 Å². The van der Waals surface area contributed by atoms with Gasteiger partial charge in [0.25, 0.3) is 5.91 Å². The zero-order valence-electron chi connectivity index (χ0n) is 17.1. The molecular weight excluding hydrogens is 436 g/mol. The van der Waals surface area contributed by atoms with Gasteiger partial charge in [0.1, 0.15) is 11.0 Å². The molecule has 0 bridgehead atoms. The van der Waals surface area contributed by atoms with Gasteiger partial charge in [0.15, 0.2) is 16.7 Å². The summed E-state index contributed by atoms with van der Waals surface area (Å²) in [6, 6.07) is 14.9. The van der Waals surface area contributed by atoms with E-state index in [0.717, 1.165) is 22.7 Å². The highest BCUT2D eigenvalue weighted by Crippen LogP contribution is 2.32. The maximum atomic E-state index is 12.6. The molecule has 0 atom stereocenters. The lowest BCUT2D eigenvalue weighted by molar-refractivity contribution is 0.0950. The molecule has 0 unspecified atom stereocenters. The number of rotatable bonds is 7. The standard InChI is InChI=1S/C22H21ClN4O3S/c1-27(2)20-10-19(23)25-22(26-20)31-12-15-4-3-5-16(8-15)21(28)24-11-14-6-7-17-18(9-14)30-13-29-17/h3-10H,11-13H2,1-2H3,(H,24,28). The van der Waals surface area contributed by atoms with E-state index in [2.05, 4.69) is 15.3 Å². The molecule has 31 heavy (non-hydrogen) atoms. The summed E-state index contributed by atoms with van der Waals surface area (Å²) in [6.45, 7) is 0.630. The molecule has 0 radical (unpaired) electrons. The van der Waals surface area contributed by atoms with Crippen molar-refractivity contribution >= 4 is 35.1 Å². The van der Waals surface area contributed by atoms with Crippen molar-refractivity contribution in [2.24, 2.45) is 0 Å². The Bertz CT molecular complexity index is 1110. The van der Waals surface area contributed by atoms with Gasteiger partial charge in [-0.2, -0.15) is 0 Å². The Morgan fingerprint density at radius 1 is 1.10 bits per heavy atom. The summed E-state index contributed by atoms with van der Waals surface area (Å²) in [5.74, 6) is 2.65. The van der Waals surface area contributed by atoms with E-state index in [9.17, 15) is 4.79 Å². The van der Waals surface area contributed by atoms with Gasteiger partial charge < -0.3 is 19.7 Å². The molecule has 0 aliphatic carbocycles. The fraction of sp³-hybridized carbons (Fsp3) is 0.227. The summed E-state index contributed by atoms with van der Waals surface area (Å²) in [5, 5.41) is 3.94. The third-order valence-corrected chi connectivity index (χ3v) is 5.68. The number of fused-ring (bicyclic) bond motifs is 1. The molecule has 9 heteroatoms. The van der Waals surface area contributed by atoms with Gasteiger partial charge in [-0.1, -0.05) is 41.6 Å². The van der Waals surface area contributed by atoms with E-state index in [1.807, 2.05) is 55.4 Å². The first-order valence-electron chi connectivity index (χ1n) is 9.58. The van der Waals surface area contributed by atoms with Crippen molar-refractivity contribution < 1.29 is 14.3 Å². The van der Waals surface area contributed by atoms with Gasteiger partial charge in [0.05, 0.1) is 0 Å². The summed E-state index contributed by atoms with van der Waals surface area (Å²) >= 11 is 7.57. The molecule has 160 valence electrons. The Hall–Kier alpha value is -2.97. The molecule has 1 aliphatic rings. The fourth-order valence-electron chi connectivity index (χ4n) is 2.96. The number of nitrogens with one attached hydrogen (secondary N) is 1. The molecule has 1 N–H and O–H groups in total. The van der Waals surface area contributed by atoms with E-state index >= 15 is 0 Å². The van der Waals surface area contributed by atoms with Crippen LogP contribution in [-0.4, -0.2) is 36.8 Å².